The molecule has 0 radical (unpaired) electrons. The Hall–Kier alpha value is 0.200. The highest BCUT2D eigenvalue weighted by atomic mass is 35.5. The van der Waals surface area contributed by atoms with Crippen LogP contribution in [-0.4, -0.2) is 11.9 Å². The number of hydrazine groups is 1. The van der Waals surface area contributed by atoms with Crippen molar-refractivity contribution in [1.29, 1.82) is 0 Å². The minimum Gasteiger partial charge on any atom is -0.271 e. The first kappa shape index (κ1) is 12.3. The largest absolute Gasteiger partial charge is 0.271 e. The van der Waals surface area contributed by atoms with Gasteiger partial charge in [-0.2, -0.15) is 0 Å². The monoisotopic (exact) mass is 252 g/mol. The molecule has 0 fully saturated rings. The highest BCUT2D eigenvalue weighted by Crippen LogP contribution is 2.23. The van der Waals surface area contributed by atoms with Gasteiger partial charge in [-0.3, -0.25) is 11.3 Å². The smallest absolute Gasteiger partial charge is 0.0931 e. The van der Waals surface area contributed by atoms with Crippen molar-refractivity contribution >= 4 is 34.5 Å². The van der Waals surface area contributed by atoms with Gasteiger partial charge in [-0.15, -0.1) is 22.9 Å². The van der Waals surface area contributed by atoms with E-state index in [1.54, 1.807) is 11.3 Å². The van der Waals surface area contributed by atoms with E-state index in [1.807, 2.05) is 12.1 Å². The van der Waals surface area contributed by atoms with Crippen molar-refractivity contribution in [2.24, 2.45) is 5.84 Å². The van der Waals surface area contributed by atoms with Gasteiger partial charge in [-0.1, -0.05) is 11.6 Å². The third-order valence-electron chi connectivity index (χ3n) is 2.00. The molecule has 14 heavy (non-hydrogen) atoms. The lowest BCUT2D eigenvalue weighted by Crippen LogP contribution is -2.36. The Morgan fingerprint density at radius 1 is 1.50 bits per heavy atom. The SMILES string of the molecule is NNC(CCCCl)Cc1ccc(Cl)s1. The average Bonchev–Trinajstić information content (AvgIpc) is 2.58. The summed E-state index contributed by atoms with van der Waals surface area (Å²) in [7, 11) is 0. The van der Waals surface area contributed by atoms with Crippen LogP contribution in [0, 0.1) is 0 Å². The summed E-state index contributed by atoms with van der Waals surface area (Å²) in [4.78, 5) is 1.26. The van der Waals surface area contributed by atoms with Crippen molar-refractivity contribution < 1.29 is 0 Å². The maximum absolute atomic E-state index is 5.84. The van der Waals surface area contributed by atoms with Crippen LogP contribution in [0.5, 0.6) is 0 Å². The van der Waals surface area contributed by atoms with E-state index < -0.39 is 0 Å². The minimum absolute atomic E-state index is 0.295. The Morgan fingerprint density at radius 2 is 2.29 bits per heavy atom. The lowest BCUT2D eigenvalue weighted by molar-refractivity contribution is 0.490. The van der Waals surface area contributed by atoms with Crippen LogP contribution in [0.2, 0.25) is 4.34 Å². The first-order valence-electron chi connectivity index (χ1n) is 4.52. The van der Waals surface area contributed by atoms with E-state index >= 15 is 0 Å². The molecule has 2 nitrogen and oxygen atoms in total. The molecule has 1 unspecified atom stereocenters. The molecule has 1 aromatic rings. The van der Waals surface area contributed by atoms with Gasteiger partial charge >= 0.3 is 0 Å². The van der Waals surface area contributed by atoms with Gasteiger partial charge in [0.25, 0.3) is 0 Å². The Kier molecular flexibility index (Phi) is 5.82. The Balaban J connectivity index is 2.40. The van der Waals surface area contributed by atoms with Crippen LogP contribution >= 0.6 is 34.5 Å². The molecule has 1 aromatic heterocycles. The van der Waals surface area contributed by atoms with E-state index in [9.17, 15) is 0 Å². The fraction of sp³-hybridized carbons (Fsp3) is 0.556. The van der Waals surface area contributed by atoms with Crippen molar-refractivity contribution in [1.82, 2.24) is 5.43 Å². The first-order valence-corrected chi connectivity index (χ1v) is 6.25. The molecule has 0 aliphatic heterocycles. The second-order valence-electron chi connectivity index (χ2n) is 3.10. The summed E-state index contributed by atoms with van der Waals surface area (Å²) in [6, 6.07) is 4.25. The summed E-state index contributed by atoms with van der Waals surface area (Å²) in [6.07, 6.45) is 2.90. The zero-order valence-corrected chi connectivity index (χ0v) is 10.1. The third kappa shape index (κ3) is 4.15. The maximum atomic E-state index is 5.84. The summed E-state index contributed by atoms with van der Waals surface area (Å²) in [5.74, 6) is 6.13. The molecule has 0 aromatic carbocycles. The fourth-order valence-electron chi connectivity index (χ4n) is 1.27. The first-order chi connectivity index (χ1) is 6.76. The van der Waals surface area contributed by atoms with E-state index in [0.717, 1.165) is 23.6 Å². The molecule has 0 aliphatic rings. The Labute approximate surface area is 98.4 Å². The number of hydrogen-bond donors (Lipinski definition) is 2. The molecule has 0 spiro atoms. The van der Waals surface area contributed by atoms with Crippen molar-refractivity contribution in [3.8, 4) is 0 Å². The molecular formula is C9H14Cl2N2S. The molecule has 3 N–H and O–H groups in total. The maximum Gasteiger partial charge on any atom is 0.0931 e. The van der Waals surface area contributed by atoms with E-state index in [-0.39, 0.29) is 0 Å². The lowest BCUT2D eigenvalue weighted by atomic mass is 10.1. The number of nitrogens with two attached hydrogens (primary N) is 1. The number of halogens is 2. The standard InChI is InChI=1S/C9H14Cl2N2S/c10-5-1-2-7(13-12)6-8-3-4-9(11)14-8/h3-4,7,13H,1-2,5-6,12H2. The zero-order chi connectivity index (χ0) is 10.4. The van der Waals surface area contributed by atoms with Gasteiger partial charge in [0.05, 0.1) is 4.34 Å². The normalized spacial score (nSPS) is 13.1. The molecule has 5 heteroatoms. The zero-order valence-electron chi connectivity index (χ0n) is 7.80. The van der Waals surface area contributed by atoms with E-state index in [1.165, 1.54) is 4.88 Å². The van der Waals surface area contributed by atoms with Crippen LogP contribution in [0.25, 0.3) is 0 Å². The topological polar surface area (TPSA) is 38.0 Å². The fourth-order valence-corrected chi connectivity index (χ4v) is 2.59. The van der Waals surface area contributed by atoms with Crippen molar-refractivity contribution in [2.75, 3.05) is 5.88 Å². The molecule has 0 saturated carbocycles. The number of thiophene rings is 1. The summed E-state index contributed by atoms with van der Waals surface area (Å²) >= 11 is 13.1. The molecular weight excluding hydrogens is 239 g/mol. The Bertz CT molecular complexity index is 265. The summed E-state index contributed by atoms with van der Waals surface area (Å²) in [5.41, 5.74) is 2.80. The summed E-state index contributed by atoms with van der Waals surface area (Å²) in [6.45, 7) is 0. The Morgan fingerprint density at radius 3 is 2.79 bits per heavy atom. The molecule has 0 aliphatic carbocycles. The third-order valence-corrected chi connectivity index (χ3v) is 3.52. The molecule has 1 heterocycles. The van der Waals surface area contributed by atoms with Crippen LogP contribution in [0.4, 0.5) is 0 Å². The molecule has 1 rings (SSSR count). The summed E-state index contributed by atoms with van der Waals surface area (Å²) in [5, 5.41) is 0. The second kappa shape index (κ2) is 6.64. The van der Waals surface area contributed by atoms with E-state index in [2.05, 4.69) is 5.43 Å². The van der Waals surface area contributed by atoms with Crippen LogP contribution in [0.15, 0.2) is 12.1 Å². The number of nitrogens with one attached hydrogen (secondary N) is 1. The van der Waals surface area contributed by atoms with E-state index in [0.29, 0.717) is 11.9 Å². The van der Waals surface area contributed by atoms with Crippen molar-refractivity contribution in [3.05, 3.63) is 21.3 Å². The highest BCUT2D eigenvalue weighted by Gasteiger charge is 2.08. The van der Waals surface area contributed by atoms with Crippen LogP contribution in [-0.2, 0) is 6.42 Å². The van der Waals surface area contributed by atoms with Crippen molar-refractivity contribution in [2.45, 2.75) is 25.3 Å². The minimum atomic E-state index is 0.295. The summed E-state index contributed by atoms with van der Waals surface area (Å²) < 4.78 is 0.827. The van der Waals surface area contributed by atoms with Crippen LogP contribution in [0.1, 0.15) is 17.7 Å². The van der Waals surface area contributed by atoms with Gasteiger partial charge in [0.1, 0.15) is 0 Å². The quantitative estimate of drug-likeness (QED) is 0.465. The predicted molar refractivity (Wildman–Crippen MR) is 64.1 cm³/mol. The van der Waals surface area contributed by atoms with E-state index in [4.69, 9.17) is 29.0 Å². The molecule has 1 atom stereocenters. The lowest BCUT2D eigenvalue weighted by Gasteiger charge is -2.13. The van der Waals surface area contributed by atoms with Crippen molar-refractivity contribution in [3.63, 3.8) is 0 Å². The molecule has 0 saturated heterocycles. The van der Waals surface area contributed by atoms with Gasteiger partial charge < -0.3 is 0 Å². The number of hydrogen-bond acceptors (Lipinski definition) is 3. The van der Waals surface area contributed by atoms with Gasteiger partial charge in [0.2, 0.25) is 0 Å². The molecule has 80 valence electrons. The van der Waals surface area contributed by atoms with Crippen LogP contribution < -0.4 is 11.3 Å². The van der Waals surface area contributed by atoms with Gasteiger partial charge in [-0.05, 0) is 31.4 Å². The van der Waals surface area contributed by atoms with Gasteiger partial charge in [0.15, 0.2) is 0 Å². The van der Waals surface area contributed by atoms with Crippen LogP contribution in [0.3, 0.4) is 0 Å². The molecule has 0 bridgehead atoms. The number of rotatable bonds is 6. The average molecular weight is 253 g/mol. The number of alkyl halides is 1. The predicted octanol–water partition coefficient (Wildman–Crippen LogP) is 2.79. The second-order valence-corrected chi connectivity index (χ2v) is 5.28. The highest BCUT2D eigenvalue weighted by molar-refractivity contribution is 7.16. The molecule has 0 amide bonds. The van der Waals surface area contributed by atoms with Gasteiger partial charge in [-0.25, -0.2) is 0 Å². The van der Waals surface area contributed by atoms with Gasteiger partial charge in [0, 0.05) is 16.8 Å².